The van der Waals surface area contributed by atoms with Gasteiger partial charge in [-0.2, -0.15) is 13.2 Å². The molecule has 0 atom stereocenters. The number of aryl methyl sites for hydroxylation is 1. The molecule has 114 valence electrons. The van der Waals surface area contributed by atoms with Crippen LogP contribution in [0.15, 0.2) is 35.0 Å². The van der Waals surface area contributed by atoms with E-state index in [2.05, 4.69) is 9.68 Å². The molecule has 0 saturated heterocycles. The third-order valence-corrected chi connectivity index (χ3v) is 3.31. The summed E-state index contributed by atoms with van der Waals surface area (Å²) in [5, 5.41) is 13.0. The summed E-state index contributed by atoms with van der Waals surface area (Å²) in [5.41, 5.74) is 0.370. The number of aromatic nitrogens is 2. The van der Waals surface area contributed by atoms with E-state index in [1.807, 2.05) is 0 Å². The largest absolute Gasteiger partial charge is 0.475 e. The Bertz CT molecular complexity index is 877. The maximum Gasteiger partial charge on any atom is 0.416 e. The van der Waals surface area contributed by atoms with Gasteiger partial charge < -0.3 is 14.2 Å². The van der Waals surface area contributed by atoms with Gasteiger partial charge in [0.15, 0.2) is 0 Å². The van der Waals surface area contributed by atoms with E-state index in [0.717, 1.165) is 12.1 Å². The number of hydrogen-bond donors (Lipinski definition) is 1. The van der Waals surface area contributed by atoms with Gasteiger partial charge >= 0.3 is 12.1 Å². The van der Waals surface area contributed by atoms with Gasteiger partial charge in [-0.1, -0.05) is 11.2 Å². The van der Waals surface area contributed by atoms with Gasteiger partial charge in [0, 0.05) is 35.8 Å². The average molecular weight is 310 g/mol. The molecule has 0 saturated carbocycles. The molecule has 0 aliphatic carbocycles. The normalized spacial score (nSPS) is 12.0. The molecule has 0 spiro atoms. The second-order valence-corrected chi connectivity index (χ2v) is 4.76. The van der Waals surface area contributed by atoms with Gasteiger partial charge in [-0.3, -0.25) is 0 Å². The minimum atomic E-state index is -4.43. The van der Waals surface area contributed by atoms with Crippen LogP contribution in [-0.4, -0.2) is 20.8 Å². The van der Waals surface area contributed by atoms with Gasteiger partial charge in [0.1, 0.15) is 5.69 Å². The highest BCUT2D eigenvalue weighted by atomic mass is 19.4. The summed E-state index contributed by atoms with van der Waals surface area (Å²) in [5.74, 6) is -1.60. The number of rotatable bonds is 2. The number of carbonyl (C=O) groups is 1. The Morgan fingerprint density at radius 2 is 2.05 bits per heavy atom. The summed E-state index contributed by atoms with van der Waals surface area (Å²) in [4.78, 5) is 10.8. The quantitative estimate of drug-likeness (QED) is 0.786. The van der Waals surface area contributed by atoms with Crippen molar-refractivity contribution in [2.75, 3.05) is 0 Å². The Labute approximate surface area is 121 Å². The van der Waals surface area contributed by atoms with Gasteiger partial charge in [0.25, 0.3) is 0 Å². The van der Waals surface area contributed by atoms with Crippen LogP contribution in [0.4, 0.5) is 13.2 Å². The first-order chi connectivity index (χ1) is 10.3. The van der Waals surface area contributed by atoms with E-state index in [0.29, 0.717) is 16.5 Å². The molecule has 1 aromatic carbocycles. The van der Waals surface area contributed by atoms with Crippen molar-refractivity contribution in [1.29, 1.82) is 0 Å². The number of aromatic carboxylic acids is 1. The number of halogens is 3. The van der Waals surface area contributed by atoms with Crippen molar-refractivity contribution < 1.29 is 27.6 Å². The van der Waals surface area contributed by atoms with Crippen LogP contribution < -0.4 is 0 Å². The number of alkyl halides is 3. The van der Waals surface area contributed by atoms with Crippen LogP contribution >= 0.6 is 0 Å². The van der Waals surface area contributed by atoms with Gasteiger partial charge in [0.2, 0.25) is 5.76 Å². The van der Waals surface area contributed by atoms with Gasteiger partial charge in [-0.25, -0.2) is 4.79 Å². The molecule has 0 bridgehead atoms. The molecular weight excluding hydrogens is 301 g/mol. The molecule has 0 unspecified atom stereocenters. The predicted octanol–water partition coefficient (Wildman–Crippen LogP) is 3.55. The third kappa shape index (κ3) is 2.22. The second-order valence-electron chi connectivity index (χ2n) is 4.76. The van der Waals surface area contributed by atoms with Crippen molar-refractivity contribution in [3.63, 3.8) is 0 Å². The maximum absolute atomic E-state index is 12.8. The van der Waals surface area contributed by atoms with Gasteiger partial charge in [-0.15, -0.1) is 0 Å². The highest BCUT2D eigenvalue weighted by molar-refractivity contribution is 5.96. The van der Waals surface area contributed by atoms with Gasteiger partial charge in [-0.05, 0) is 12.1 Å². The van der Waals surface area contributed by atoms with Crippen molar-refractivity contribution in [1.82, 2.24) is 9.72 Å². The lowest BCUT2D eigenvalue weighted by molar-refractivity contribution is -0.137. The molecule has 22 heavy (non-hydrogen) atoms. The highest BCUT2D eigenvalue weighted by Gasteiger charge is 2.31. The summed E-state index contributed by atoms with van der Waals surface area (Å²) in [6.07, 6.45) is -2.85. The SMILES string of the molecule is Cn1cc(-c2cc(C(=O)O)on2)c2ccc(C(F)(F)F)cc21. The number of carboxylic acids is 1. The van der Waals surface area contributed by atoms with Gasteiger partial charge in [0.05, 0.1) is 5.56 Å². The molecule has 0 aliphatic rings. The Hall–Kier alpha value is -2.77. The van der Waals surface area contributed by atoms with Crippen molar-refractivity contribution in [2.24, 2.45) is 7.05 Å². The number of benzene rings is 1. The molecule has 1 N–H and O–H groups in total. The van der Waals surface area contributed by atoms with E-state index >= 15 is 0 Å². The Morgan fingerprint density at radius 3 is 2.64 bits per heavy atom. The van der Waals surface area contributed by atoms with Crippen molar-refractivity contribution in [3.8, 4) is 11.3 Å². The summed E-state index contributed by atoms with van der Waals surface area (Å²) in [7, 11) is 1.60. The van der Waals surface area contributed by atoms with E-state index in [4.69, 9.17) is 5.11 Å². The zero-order chi connectivity index (χ0) is 16.1. The Morgan fingerprint density at radius 1 is 1.32 bits per heavy atom. The zero-order valence-electron chi connectivity index (χ0n) is 11.2. The first kappa shape index (κ1) is 14.2. The highest BCUT2D eigenvalue weighted by Crippen LogP contribution is 2.35. The fourth-order valence-electron chi connectivity index (χ4n) is 2.27. The molecular formula is C14H9F3N2O3. The van der Waals surface area contributed by atoms with Crippen LogP contribution in [0.5, 0.6) is 0 Å². The van der Waals surface area contributed by atoms with E-state index in [1.165, 1.54) is 16.7 Å². The van der Waals surface area contributed by atoms with Crippen LogP contribution in [0.2, 0.25) is 0 Å². The smallest absolute Gasteiger partial charge is 0.416 e. The van der Waals surface area contributed by atoms with Crippen LogP contribution in [0.3, 0.4) is 0 Å². The number of hydrogen-bond acceptors (Lipinski definition) is 3. The Kier molecular flexibility index (Phi) is 2.98. The molecule has 0 fully saturated rings. The number of nitrogens with zero attached hydrogens (tertiary/aromatic N) is 2. The summed E-state index contributed by atoms with van der Waals surface area (Å²) in [6.45, 7) is 0. The first-order valence-corrected chi connectivity index (χ1v) is 6.14. The molecule has 2 aromatic heterocycles. The second kappa shape index (κ2) is 4.62. The molecule has 0 amide bonds. The Balaban J connectivity index is 2.17. The zero-order valence-corrected chi connectivity index (χ0v) is 11.2. The summed E-state index contributed by atoms with van der Waals surface area (Å²) in [6, 6.07) is 4.58. The van der Waals surface area contributed by atoms with Crippen LogP contribution in [-0.2, 0) is 13.2 Å². The van der Waals surface area contributed by atoms with Crippen LogP contribution in [0.25, 0.3) is 22.2 Å². The lowest BCUT2D eigenvalue weighted by atomic mass is 10.1. The fourth-order valence-corrected chi connectivity index (χ4v) is 2.27. The fraction of sp³-hybridized carbons (Fsp3) is 0.143. The van der Waals surface area contributed by atoms with Crippen LogP contribution in [0.1, 0.15) is 16.1 Å². The molecule has 0 radical (unpaired) electrons. The lowest BCUT2D eigenvalue weighted by Crippen LogP contribution is -2.04. The number of fused-ring (bicyclic) bond motifs is 1. The monoisotopic (exact) mass is 310 g/mol. The third-order valence-electron chi connectivity index (χ3n) is 3.31. The topological polar surface area (TPSA) is 68.3 Å². The molecule has 5 nitrogen and oxygen atoms in total. The van der Waals surface area contributed by atoms with Crippen molar-refractivity contribution in [2.45, 2.75) is 6.18 Å². The average Bonchev–Trinajstić information content (AvgIpc) is 3.03. The minimum Gasteiger partial charge on any atom is -0.475 e. The minimum absolute atomic E-state index is 0.253. The van der Waals surface area contributed by atoms with E-state index in [9.17, 15) is 18.0 Å². The van der Waals surface area contributed by atoms with E-state index < -0.39 is 17.7 Å². The summed E-state index contributed by atoms with van der Waals surface area (Å²) < 4.78 is 44.5. The van der Waals surface area contributed by atoms with Crippen molar-refractivity contribution >= 4 is 16.9 Å². The lowest BCUT2D eigenvalue weighted by Gasteiger charge is -2.07. The van der Waals surface area contributed by atoms with Crippen LogP contribution in [0, 0.1) is 0 Å². The van der Waals surface area contributed by atoms with Crippen molar-refractivity contribution in [3.05, 3.63) is 41.8 Å². The van der Waals surface area contributed by atoms with E-state index in [1.54, 1.807) is 13.2 Å². The molecule has 0 aliphatic heterocycles. The maximum atomic E-state index is 12.8. The first-order valence-electron chi connectivity index (χ1n) is 6.14. The predicted molar refractivity (Wildman–Crippen MR) is 70.4 cm³/mol. The standard InChI is InChI=1S/C14H9F3N2O3/c1-19-6-9(10-5-12(13(20)21)22-18-10)8-3-2-7(4-11(8)19)14(15,16)17/h2-6H,1H3,(H,20,21). The molecule has 2 heterocycles. The molecule has 3 aromatic rings. The molecule has 3 rings (SSSR count). The van der Waals surface area contributed by atoms with E-state index in [-0.39, 0.29) is 11.5 Å². The number of carboxylic acid groups (broad SMARTS) is 1. The molecule has 8 heteroatoms. The summed E-state index contributed by atoms with van der Waals surface area (Å²) >= 11 is 0.